The van der Waals surface area contributed by atoms with Crippen molar-refractivity contribution in [3.8, 4) is 10.4 Å². The van der Waals surface area contributed by atoms with Gasteiger partial charge in [0.25, 0.3) is 4.67 Å². The number of hydrogen-bond acceptors (Lipinski definition) is 2. The van der Waals surface area contributed by atoms with Gasteiger partial charge in [-0.05, 0) is 15.9 Å². The number of para-hydroxylation sites is 2. The van der Waals surface area contributed by atoms with Gasteiger partial charge in [0, 0.05) is 30.3 Å². The normalized spacial score (nSPS) is 10.1. The van der Waals surface area contributed by atoms with Gasteiger partial charge in [0.1, 0.15) is 0 Å². The molecule has 4 aromatic rings. The Balaban J connectivity index is 0.00000182. The Morgan fingerprint density at radius 3 is 1.56 bits per heavy atom. The van der Waals surface area contributed by atoms with Crippen molar-refractivity contribution in [1.29, 1.82) is 0 Å². The van der Waals surface area contributed by atoms with Gasteiger partial charge in [-0.25, -0.2) is 0 Å². The van der Waals surface area contributed by atoms with Gasteiger partial charge < -0.3 is 12.4 Å². The molecule has 0 saturated carbocycles. The van der Waals surface area contributed by atoms with Crippen molar-refractivity contribution in [2.24, 2.45) is 0 Å². The van der Waals surface area contributed by atoms with E-state index in [-0.39, 0.29) is 12.4 Å². The smallest absolute Gasteiger partial charge is 0.279 e. The van der Waals surface area contributed by atoms with Crippen molar-refractivity contribution in [1.82, 2.24) is 4.58 Å². The number of nitrogens with zero attached hydrogens (tertiary/aromatic N) is 1. The van der Waals surface area contributed by atoms with Crippen molar-refractivity contribution in [2.45, 2.75) is 0 Å². The van der Waals surface area contributed by atoms with E-state index in [1.807, 2.05) is 20.7 Å². The highest BCUT2D eigenvalue weighted by atomic mass is 35.5. The first-order valence-corrected chi connectivity index (χ1v) is 9.95. The maximum absolute atomic E-state index is 2.31. The first kappa shape index (κ1) is 17.6. The van der Waals surface area contributed by atoms with Crippen LogP contribution in [0.5, 0.6) is 0 Å². The molecule has 0 unspecified atom stereocenters. The minimum absolute atomic E-state index is 0. The third-order valence-electron chi connectivity index (χ3n) is 3.78. The van der Waals surface area contributed by atoms with Gasteiger partial charge in [0.2, 0.25) is 11.4 Å². The molecule has 3 aromatic carbocycles. The van der Waals surface area contributed by atoms with Crippen LogP contribution in [0, 0.1) is 0 Å². The molecular weight excluding hydrogens is 366 g/mol. The van der Waals surface area contributed by atoms with Crippen LogP contribution in [-0.4, -0.2) is 0 Å². The van der Waals surface area contributed by atoms with Crippen molar-refractivity contribution >= 4 is 32.1 Å². The van der Waals surface area contributed by atoms with E-state index in [2.05, 4.69) is 102 Å². The minimum Gasteiger partial charge on any atom is -1.00 e. The predicted molar refractivity (Wildman–Crippen MR) is 105 cm³/mol. The maximum atomic E-state index is 2.31. The SMILES string of the molecule is [Cl-].c1ccc(-c2cc(=[N+](c3ccccc3)c3ccccc3)ss2)cc1. The van der Waals surface area contributed by atoms with Crippen LogP contribution in [0.15, 0.2) is 97.1 Å². The van der Waals surface area contributed by atoms with E-state index in [1.165, 1.54) is 26.5 Å². The van der Waals surface area contributed by atoms with Crippen molar-refractivity contribution < 1.29 is 12.4 Å². The lowest BCUT2D eigenvalue weighted by atomic mass is 10.2. The first-order chi connectivity index (χ1) is 11.9. The summed E-state index contributed by atoms with van der Waals surface area (Å²) in [5.74, 6) is 0. The quantitative estimate of drug-likeness (QED) is 0.379. The fraction of sp³-hybridized carbons (Fsp3) is 0. The summed E-state index contributed by atoms with van der Waals surface area (Å²) in [6, 6.07) is 33.9. The van der Waals surface area contributed by atoms with Crippen LogP contribution in [0.25, 0.3) is 10.4 Å². The van der Waals surface area contributed by atoms with Crippen LogP contribution >= 0.6 is 20.7 Å². The van der Waals surface area contributed by atoms with E-state index in [9.17, 15) is 0 Å². The van der Waals surface area contributed by atoms with E-state index < -0.39 is 0 Å². The molecule has 0 aliphatic heterocycles. The Bertz CT molecular complexity index is 949. The second-order valence-electron chi connectivity index (χ2n) is 5.39. The van der Waals surface area contributed by atoms with Crippen LogP contribution in [0.1, 0.15) is 0 Å². The lowest BCUT2D eigenvalue weighted by Gasteiger charge is -2.00. The Labute approximate surface area is 161 Å². The van der Waals surface area contributed by atoms with E-state index in [0.717, 1.165) is 0 Å². The molecular formula is C21H16ClNS2. The molecule has 4 heteroatoms. The lowest BCUT2D eigenvalue weighted by molar-refractivity contribution is -0.00000451. The molecule has 0 spiro atoms. The Kier molecular flexibility index (Phi) is 5.82. The molecule has 0 N–H and O–H groups in total. The summed E-state index contributed by atoms with van der Waals surface area (Å²) in [4.78, 5) is 1.30. The van der Waals surface area contributed by atoms with Gasteiger partial charge in [-0.15, -0.1) is 4.58 Å². The van der Waals surface area contributed by atoms with Crippen molar-refractivity contribution in [3.05, 3.63) is 102 Å². The fourth-order valence-electron chi connectivity index (χ4n) is 2.64. The van der Waals surface area contributed by atoms with E-state index >= 15 is 0 Å². The number of rotatable bonds is 3. The molecule has 1 aromatic heterocycles. The van der Waals surface area contributed by atoms with E-state index in [0.29, 0.717) is 0 Å². The summed E-state index contributed by atoms with van der Waals surface area (Å²) in [6.07, 6.45) is 0. The number of benzene rings is 3. The highest BCUT2D eigenvalue weighted by Gasteiger charge is 2.16. The van der Waals surface area contributed by atoms with E-state index in [4.69, 9.17) is 0 Å². The third kappa shape index (κ3) is 3.90. The maximum Gasteiger partial charge on any atom is 0.279 e. The Hall–Kier alpha value is -2.20. The highest BCUT2D eigenvalue weighted by molar-refractivity contribution is 7.69. The van der Waals surface area contributed by atoms with E-state index in [1.54, 1.807) is 0 Å². The van der Waals surface area contributed by atoms with Gasteiger partial charge in [0.05, 0.1) is 4.88 Å². The molecule has 0 saturated heterocycles. The zero-order chi connectivity index (χ0) is 16.2. The lowest BCUT2D eigenvalue weighted by Crippen LogP contribution is -3.00. The number of halogens is 1. The monoisotopic (exact) mass is 381 g/mol. The third-order valence-corrected chi connectivity index (χ3v) is 6.17. The Morgan fingerprint density at radius 2 is 1.04 bits per heavy atom. The molecule has 0 bridgehead atoms. The van der Waals surface area contributed by atoms with Gasteiger partial charge in [-0.2, -0.15) is 0 Å². The number of hydrogen-bond donors (Lipinski definition) is 0. The molecule has 0 fully saturated rings. The van der Waals surface area contributed by atoms with Crippen LogP contribution in [0.2, 0.25) is 0 Å². The average molecular weight is 382 g/mol. The fourth-order valence-corrected chi connectivity index (χ4v) is 5.06. The summed E-state index contributed by atoms with van der Waals surface area (Å²) >= 11 is 0. The average Bonchev–Trinajstić information content (AvgIpc) is 3.14. The van der Waals surface area contributed by atoms with Crippen LogP contribution in [0.4, 0.5) is 11.4 Å². The van der Waals surface area contributed by atoms with Gasteiger partial charge in [-0.1, -0.05) is 77.1 Å². The summed E-state index contributed by atoms with van der Waals surface area (Å²) in [5.41, 5.74) is 3.63. The molecule has 0 radical (unpaired) electrons. The Morgan fingerprint density at radius 1 is 0.560 bits per heavy atom. The molecule has 0 amide bonds. The van der Waals surface area contributed by atoms with Crippen LogP contribution in [-0.2, 0) is 0 Å². The molecule has 0 atom stereocenters. The summed E-state index contributed by atoms with van der Waals surface area (Å²) < 4.78 is 3.55. The minimum atomic E-state index is 0. The summed E-state index contributed by atoms with van der Waals surface area (Å²) in [5, 5.41) is 0. The zero-order valence-electron chi connectivity index (χ0n) is 13.4. The largest absolute Gasteiger partial charge is 1.00 e. The van der Waals surface area contributed by atoms with Gasteiger partial charge in [0.15, 0.2) is 0 Å². The van der Waals surface area contributed by atoms with Crippen LogP contribution < -0.4 is 21.7 Å². The summed E-state index contributed by atoms with van der Waals surface area (Å²) in [6.45, 7) is 0. The second-order valence-corrected chi connectivity index (χ2v) is 7.58. The topological polar surface area (TPSA) is 3.01 Å². The zero-order valence-corrected chi connectivity index (χ0v) is 15.8. The predicted octanol–water partition coefficient (Wildman–Crippen LogP) is 2.92. The molecule has 4 rings (SSSR count). The molecule has 0 aliphatic carbocycles. The summed E-state index contributed by atoms with van der Waals surface area (Å²) in [7, 11) is 3.63. The van der Waals surface area contributed by atoms with Crippen LogP contribution in [0.3, 0.4) is 0 Å². The highest BCUT2D eigenvalue weighted by Crippen LogP contribution is 2.26. The van der Waals surface area contributed by atoms with Crippen molar-refractivity contribution in [3.63, 3.8) is 0 Å². The first-order valence-electron chi connectivity index (χ1n) is 7.81. The molecule has 25 heavy (non-hydrogen) atoms. The molecule has 1 nitrogen and oxygen atoms in total. The second kappa shape index (κ2) is 8.26. The van der Waals surface area contributed by atoms with Crippen molar-refractivity contribution in [2.75, 3.05) is 0 Å². The molecule has 124 valence electrons. The molecule has 1 heterocycles. The molecule has 0 aliphatic rings. The standard InChI is InChI=1S/C21H16NS2.ClH/c1-4-10-17(11-5-1)20-16-21(24-23-20)22(18-12-6-2-7-13-18)19-14-8-3-9-15-19;/h1-16H;1H/q+1;/p-1. The van der Waals surface area contributed by atoms with Gasteiger partial charge >= 0.3 is 0 Å². The van der Waals surface area contributed by atoms with Gasteiger partial charge in [-0.3, -0.25) is 0 Å².